The number of hydrogen-bond donors (Lipinski definition) is 2. The molecule has 0 aliphatic heterocycles. The number of carboxylic acids is 1. The van der Waals surface area contributed by atoms with E-state index in [2.05, 4.69) is 4.72 Å². The van der Waals surface area contributed by atoms with Crippen LogP contribution in [0.1, 0.15) is 10.4 Å². The van der Waals surface area contributed by atoms with Gasteiger partial charge in [-0.2, -0.15) is 0 Å². The standard InChI is InChI=1S/C8H8ClNO4S/c9-5-15(13,14)10-7-3-1-2-6(4-7)8(11)12/h1-4,10H,5H2,(H,11,12). The lowest BCUT2D eigenvalue weighted by atomic mass is 10.2. The topological polar surface area (TPSA) is 83.5 Å². The molecular weight excluding hydrogens is 242 g/mol. The van der Waals surface area contributed by atoms with Crippen LogP contribution in [0.2, 0.25) is 0 Å². The summed E-state index contributed by atoms with van der Waals surface area (Å²) in [5.41, 5.74) is 0.181. The van der Waals surface area contributed by atoms with E-state index in [0.29, 0.717) is 0 Å². The smallest absolute Gasteiger partial charge is 0.335 e. The summed E-state index contributed by atoms with van der Waals surface area (Å²) in [6, 6.07) is 5.46. The van der Waals surface area contributed by atoms with E-state index in [-0.39, 0.29) is 11.3 Å². The van der Waals surface area contributed by atoms with Crippen LogP contribution in [0.4, 0.5) is 5.69 Å². The maximum absolute atomic E-state index is 11.1. The zero-order chi connectivity index (χ0) is 11.5. The maximum atomic E-state index is 11.1. The van der Waals surface area contributed by atoms with Gasteiger partial charge in [-0.05, 0) is 18.2 Å². The van der Waals surface area contributed by atoms with E-state index in [1.807, 2.05) is 0 Å². The van der Waals surface area contributed by atoms with Crippen LogP contribution in [-0.4, -0.2) is 24.7 Å². The molecule has 5 nitrogen and oxygen atoms in total. The number of benzene rings is 1. The third-order valence-electron chi connectivity index (χ3n) is 1.53. The number of carboxylic acid groups (broad SMARTS) is 1. The number of nitrogens with one attached hydrogen (secondary N) is 1. The molecule has 0 heterocycles. The van der Waals surface area contributed by atoms with Crippen molar-refractivity contribution in [2.45, 2.75) is 0 Å². The van der Waals surface area contributed by atoms with Gasteiger partial charge in [0.25, 0.3) is 0 Å². The van der Waals surface area contributed by atoms with E-state index in [1.165, 1.54) is 24.3 Å². The van der Waals surface area contributed by atoms with Crippen LogP contribution >= 0.6 is 11.6 Å². The van der Waals surface area contributed by atoms with Crippen LogP contribution in [0.3, 0.4) is 0 Å². The first-order chi connectivity index (χ1) is 6.94. The fourth-order valence-electron chi connectivity index (χ4n) is 0.923. The summed E-state index contributed by atoms with van der Waals surface area (Å²) in [4.78, 5) is 10.6. The van der Waals surface area contributed by atoms with E-state index < -0.39 is 21.2 Å². The monoisotopic (exact) mass is 249 g/mol. The van der Waals surface area contributed by atoms with Gasteiger partial charge in [0.05, 0.1) is 5.56 Å². The number of rotatable bonds is 4. The molecule has 7 heteroatoms. The molecule has 0 aromatic heterocycles. The SMILES string of the molecule is O=C(O)c1cccc(NS(=O)(=O)CCl)c1. The highest BCUT2D eigenvalue weighted by molar-refractivity contribution is 7.93. The molecular formula is C8H8ClNO4S. The molecule has 0 saturated carbocycles. The second-order valence-electron chi connectivity index (χ2n) is 2.71. The van der Waals surface area contributed by atoms with Crippen molar-refractivity contribution in [1.29, 1.82) is 0 Å². The number of sulfonamides is 1. The van der Waals surface area contributed by atoms with Crippen molar-refractivity contribution >= 4 is 33.3 Å². The molecule has 0 bridgehead atoms. The second kappa shape index (κ2) is 4.50. The lowest BCUT2D eigenvalue weighted by molar-refractivity contribution is 0.0697. The minimum absolute atomic E-state index is 0.00442. The van der Waals surface area contributed by atoms with Crippen molar-refractivity contribution in [3.05, 3.63) is 29.8 Å². The molecule has 82 valence electrons. The average Bonchev–Trinajstić information content (AvgIpc) is 2.17. The number of aromatic carboxylic acids is 1. The molecule has 0 radical (unpaired) electrons. The van der Waals surface area contributed by atoms with E-state index in [9.17, 15) is 13.2 Å². The van der Waals surface area contributed by atoms with Gasteiger partial charge in [0.15, 0.2) is 0 Å². The predicted octanol–water partition coefficient (Wildman–Crippen LogP) is 1.32. The van der Waals surface area contributed by atoms with Crippen LogP contribution in [0.5, 0.6) is 0 Å². The molecule has 0 aliphatic carbocycles. The van der Waals surface area contributed by atoms with Crippen molar-refractivity contribution in [2.75, 3.05) is 9.93 Å². The number of hydrogen-bond acceptors (Lipinski definition) is 3. The van der Waals surface area contributed by atoms with E-state index in [4.69, 9.17) is 16.7 Å². The highest BCUT2D eigenvalue weighted by atomic mass is 35.5. The van der Waals surface area contributed by atoms with E-state index in [0.717, 1.165) is 0 Å². The normalized spacial score (nSPS) is 11.0. The molecule has 1 aromatic carbocycles. The molecule has 0 atom stereocenters. The summed E-state index contributed by atoms with van der Waals surface area (Å²) >= 11 is 5.18. The van der Waals surface area contributed by atoms with Crippen molar-refractivity contribution in [2.24, 2.45) is 0 Å². The molecule has 1 rings (SSSR count). The van der Waals surface area contributed by atoms with Crippen LogP contribution in [0.15, 0.2) is 24.3 Å². The molecule has 0 amide bonds. The molecule has 2 N–H and O–H groups in total. The Labute approximate surface area is 91.7 Å². The first-order valence-corrected chi connectivity index (χ1v) is 6.03. The summed E-state index contributed by atoms with van der Waals surface area (Å²) in [6.45, 7) is 0. The van der Waals surface area contributed by atoms with Gasteiger partial charge in [-0.3, -0.25) is 4.72 Å². The largest absolute Gasteiger partial charge is 0.478 e. The summed E-state index contributed by atoms with van der Waals surface area (Å²) < 4.78 is 24.3. The number of carbonyl (C=O) groups is 1. The highest BCUT2D eigenvalue weighted by Gasteiger charge is 2.09. The molecule has 0 fully saturated rings. The van der Waals surface area contributed by atoms with Gasteiger partial charge in [0.1, 0.15) is 5.21 Å². The Hall–Kier alpha value is -1.27. The van der Waals surface area contributed by atoms with Gasteiger partial charge in [-0.1, -0.05) is 6.07 Å². The summed E-state index contributed by atoms with van der Waals surface area (Å²) in [5.74, 6) is -1.12. The molecule has 0 unspecified atom stereocenters. The fraction of sp³-hybridized carbons (Fsp3) is 0.125. The highest BCUT2D eigenvalue weighted by Crippen LogP contribution is 2.12. The van der Waals surface area contributed by atoms with Crippen molar-refractivity contribution in [3.63, 3.8) is 0 Å². The number of alkyl halides is 1. The Kier molecular flexibility index (Phi) is 3.54. The summed E-state index contributed by atoms with van der Waals surface area (Å²) in [5, 5.41) is 8.08. The van der Waals surface area contributed by atoms with Crippen LogP contribution in [0.25, 0.3) is 0 Å². The lowest BCUT2D eigenvalue weighted by Gasteiger charge is -2.05. The maximum Gasteiger partial charge on any atom is 0.335 e. The summed E-state index contributed by atoms with van der Waals surface area (Å²) in [7, 11) is -3.59. The van der Waals surface area contributed by atoms with Gasteiger partial charge in [-0.15, -0.1) is 11.6 Å². The predicted molar refractivity (Wildman–Crippen MR) is 56.7 cm³/mol. The minimum Gasteiger partial charge on any atom is -0.478 e. The quantitative estimate of drug-likeness (QED) is 0.789. The van der Waals surface area contributed by atoms with Crippen LogP contribution < -0.4 is 4.72 Å². The second-order valence-corrected chi connectivity index (χ2v) is 5.02. The van der Waals surface area contributed by atoms with Crippen LogP contribution in [0, 0.1) is 0 Å². The zero-order valence-electron chi connectivity index (χ0n) is 7.47. The Balaban J connectivity index is 2.97. The lowest BCUT2D eigenvalue weighted by Crippen LogP contribution is -2.13. The van der Waals surface area contributed by atoms with Crippen molar-refractivity contribution in [1.82, 2.24) is 0 Å². The van der Waals surface area contributed by atoms with Gasteiger partial charge in [0, 0.05) is 5.69 Å². The molecule has 0 saturated heterocycles. The van der Waals surface area contributed by atoms with Gasteiger partial charge >= 0.3 is 5.97 Å². The Bertz CT molecular complexity index is 471. The van der Waals surface area contributed by atoms with Gasteiger partial charge in [0.2, 0.25) is 10.0 Å². The first kappa shape index (κ1) is 11.8. The van der Waals surface area contributed by atoms with E-state index in [1.54, 1.807) is 0 Å². The molecule has 0 spiro atoms. The molecule has 0 aliphatic rings. The fourth-order valence-corrected chi connectivity index (χ4v) is 1.63. The van der Waals surface area contributed by atoms with Crippen molar-refractivity contribution < 1.29 is 18.3 Å². The number of anilines is 1. The number of halogens is 1. The molecule has 1 aromatic rings. The summed E-state index contributed by atoms with van der Waals surface area (Å²) in [6.07, 6.45) is 0. The van der Waals surface area contributed by atoms with Gasteiger partial charge < -0.3 is 5.11 Å². The average molecular weight is 250 g/mol. The Morgan fingerprint density at radius 3 is 2.67 bits per heavy atom. The minimum atomic E-state index is -3.59. The van der Waals surface area contributed by atoms with Gasteiger partial charge in [-0.25, -0.2) is 13.2 Å². The zero-order valence-corrected chi connectivity index (χ0v) is 9.05. The van der Waals surface area contributed by atoms with Crippen molar-refractivity contribution in [3.8, 4) is 0 Å². The first-order valence-electron chi connectivity index (χ1n) is 3.84. The third-order valence-corrected chi connectivity index (χ3v) is 3.22. The Morgan fingerprint density at radius 2 is 2.13 bits per heavy atom. The van der Waals surface area contributed by atoms with Crippen LogP contribution in [-0.2, 0) is 10.0 Å². The Morgan fingerprint density at radius 1 is 1.47 bits per heavy atom. The third kappa shape index (κ3) is 3.41. The van der Waals surface area contributed by atoms with E-state index >= 15 is 0 Å². The molecule has 15 heavy (non-hydrogen) atoms.